The fourth-order valence-corrected chi connectivity index (χ4v) is 3.47. The van der Waals surface area contributed by atoms with Crippen LogP contribution in [-0.4, -0.2) is 23.1 Å². The summed E-state index contributed by atoms with van der Waals surface area (Å²) in [5, 5.41) is 6.23. The van der Waals surface area contributed by atoms with E-state index in [4.69, 9.17) is 9.26 Å². The van der Waals surface area contributed by atoms with E-state index in [2.05, 4.69) is 24.3 Å². The van der Waals surface area contributed by atoms with Crippen LogP contribution >= 0.6 is 11.3 Å². The van der Waals surface area contributed by atoms with Crippen molar-refractivity contribution in [2.24, 2.45) is 0 Å². The molecule has 0 unspecified atom stereocenters. The maximum absolute atomic E-state index is 12.3. The van der Waals surface area contributed by atoms with Gasteiger partial charge in [-0.05, 0) is 38.3 Å². The Kier molecular flexibility index (Phi) is 6.14. The zero-order chi connectivity index (χ0) is 17.7. The van der Waals surface area contributed by atoms with Crippen LogP contribution in [0.25, 0.3) is 0 Å². The molecule has 0 saturated heterocycles. The quantitative estimate of drug-likeness (QED) is 0.769. The maximum atomic E-state index is 12.3. The molecule has 0 aromatic carbocycles. The summed E-state index contributed by atoms with van der Waals surface area (Å²) in [5.74, 6) is -0.0344. The molecule has 2 aromatic heterocycles. The zero-order valence-electron chi connectivity index (χ0n) is 14.3. The molecule has 2 rings (SSSR count). The molecule has 1 atom stereocenters. The molecular formula is C17H22N2O4S. The fourth-order valence-electron chi connectivity index (χ4n) is 2.23. The Hall–Kier alpha value is -2.15. The number of nitrogens with zero attached hydrogens (tertiary/aromatic N) is 1. The van der Waals surface area contributed by atoms with E-state index in [1.54, 1.807) is 13.0 Å². The first-order valence-corrected chi connectivity index (χ1v) is 8.83. The Morgan fingerprint density at radius 1 is 1.38 bits per heavy atom. The van der Waals surface area contributed by atoms with Crippen LogP contribution in [0.3, 0.4) is 0 Å². The van der Waals surface area contributed by atoms with Gasteiger partial charge in [0.05, 0.1) is 0 Å². The first-order chi connectivity index (χ1) is 11.4. The lowest BCUT2D eigenvalue weighted by Crippen LogP contribution is -2.29. The third-order valence-corrected chi connectivity index (χ3v) is 4.71. The number of hydrogen-bond acceptors (Lipinski definition) is 6. The lowest BCUT2D eigenvalue weighted by Gasteiger charge is -2.11. The molecular weight excluding hydrogens is 328 g/mol. The molecule has 2 heterocycles. The second-order valence-corrected chi connectivity index (χ2v) is 6.66. The van der Waals surface area contributed by atoms with Crippen molar-refractivity contribution < 1.29 is 18.8 Å². The van der Waals surface area contributed by atoms with E-state index < -0.39 is 18.0 Å². The van der Waals surface area contributed by atoms with Crippen molar-refractivity contribution >= 4 is 29.0 Å². The van der Waals surface area contributed by atoms with Crippen LogP contribution in [0.1, 0.15) is 53.1 Å². The third-order valence-electron chi connectivity index (χ3n) is 3.49. The summed E-state index contributed by atoms with van der Waals surface area (Å²) in [4.78, 5) is 26.1. The molecule has 1 N–H and O–H groups in total. The molecule has 0 bridgehead atoms. The Balaban J connectivity index is 1.99. The van der Waals surface area contributed by atoms with Gasteiger partial charge in [-0.15, -0.1) is 11.3 Å². The van der Waals surface area contributed by atoms with Crippen molar-refractivity contribution in [3.05, 3.63) is 33.2 Å². The number of nitrogens with one attached hydrogen (secondary N) is 1. The van der Waals surface area contributed by atoms with Gasteiger partial charge in [0.1, 0.15) is 10.6 Å². The van der Waals surface area contributed by atoms with E-state index in [1.165, 1.54) is 28.7 Å². The Labute approximate surface area is 145 Å². The first kappa shape index (κ1) is 18.2. The standard InChI is InChI=1S/C17H22N2O4S/c1-5-7-13-12(6-2)9-14(24-13)17(21)22-11(4)16(20)18-15-8-10(3)23-19-15/h8-9,11H,5-7H2,1-4H3,(H,18,19,20)/t11-/m0/s1. The molecule has 130 valence electrons. The van der Waals surface area contributed by atoms with Gasteiger partial charge in [0.2, 0.25) is 0 Å². The molecule has 0 radical (unpaired) electrons. The Bertz CT molecular complexity index is 720. The normalized spacial score (nSPS) is 12.0. The Morgan fingerprint density at radius 2 is 2.12 bits per heavy atom. The van der Waals surface area contributed by atoms with Crippen LogP contribution in [0.5, 0.6) is 0 Å². The average molecular weight is 350 g/mol. The van der Waals surface area contributed by atoms with Gasteiger partial charge in [0, 0.05) is 10.9 Å². The van der Waals surface area contributed by atoms with Crippen molar-refractivity contribution in [2.45, 2.75) is 53.1 Å². The predicted molar refractivity (Wildman–Crippen MR) is 92.4 cm³/mol. The molecule has 24 heavy (non-hydrogen) atoms. The number of rotatable bonds is 7. The number of thiophene rings is 1. The van der Waals surface area contributed by atoms with E-state index >= 15 is 0 Å². The third kappa shape index (κ3) is 4.44. The number of hydrogen-bond donors (Lipinski definition) is 1. The zero-order valence-corrected chi connectivity index (χ0v) is 15.2. The lowest BCUT2D eigenvalue weighted by atomic mass is 10.1. The highest BCUT2D eigenvalue weighted by Crippen LogP contribution is 2.25. The van der Waals surface area contributed by atoms with Gasteiger partial charge in [-0.25, -0.2) is 4.79 Å². The van der Waals surface area contributed by atoms with E-state index in [0.717, 1.165) is 19.3 Å². The summed E-state index contributed by atoms with van der Waals surface area (Å²) in [6.07, 6.45) is 1.93. The average Bonchev–Trinajstić information content (AvgIpc) is 3.13. The minimum Gasteiger partial charge on any atom is -0.448 e. The summed E-state index contributed by atoms with van der Waals surface area (Å²) >= 11 is 1.44. The molecule has 0 aliphatic rings. The molecule has 0 fully saturated rings. The van der Waals surface area contributed by atoms with Crippen molar-refractivity contribution in [3.63, 3.8) is 0 Å². The van der Waals surface area contributed by atoms with Crippen LogP contribution < -0.4 is 5.32 Å². The van der Waals surface area contributed by atoms with Gasteiger partial charge < -0.3 is 14.6 Å². The molecule has 0 aliphatic carbocycles. The number of anilines is 1. The summed E-state index contributed by atoms with van der Waals surface area (Å²) in [6.45, 7) is 7.42. The summed E-state index contributed by atoms with van der Waals surface area (Å²) in [7, 11) is 0. The van der Waals surface area contributed by atoms with E-state index in [-0.39, 0.29) is 0 Å². The molecule has 0 spiro atoms. The summed E-state index contributed by atoms with van der Waals surface area (Å²) in [6, 6.07) is 3.46. The van der Waals surface area contributed by atoms with Crippen LogP contribution in [0.4, 0.5) is 5.82 Å². The van der Waals surface area contributed by atoms with Crippen molar-refractivity contribution in [3.8, 4) is 0 Å². The van der Waals surface area contributed by atoms with Crippen molar-refractivity contribution in [1.29, 1.82) is 0 Å². The van der Waals surface area contributed by atoms with Crippen LogP contribution in [0, 0.1) is 6.92 Å². The largest absolute Gasteiger partial charge is 0.448 e. The minimum absolute atomic E-state index is 0.301. The van der Waals surface area contributed by atoms with Gasteiger partial charge in [0.25, 0.3) is 5.91 Å². The highest BCUT2D eigenvalue weighted by atomic mass is 32.1. The van der Waals surface area contributed by atoms with Crippen LogP contribution in [0.15, 0.2) is 16.7 Å². The van der Waals surface area contributed by atoms with E-state index in [9.17, 15) is 9.59 Å². The van der Waals surface area contributed by atoms with E-state index in [1.807, 2.05) is 6.07 Å². The summed E-state index contributed by atoms with van der Waals surface area (Å²) in [5.41, 5.74) is 1.17. The monoisotopic (exact) mass is 350 g/mol. The van der Waals surface area contributed by atoms with Crippen LogP contribution in [0.2, 0.25) is 0 Å². The van der Waals surface area contributed by atoms with Crippen molar-refractivity contribution in [2.75, 3.05) is 5.32 Å². The minimum atomic E-state index is -0.920. The highest BCUT2D eigenvalue weighted by Gasteiger charge is 2.22. The number of carbonyl (C=O) groups excluding carboxylic acids is 2. The maximum Gasteiger partial charge on any atom is 0.349 e. The van der Waals surface area contributed by atoms with Gasteiger partial charge in [-0.1, -0.05) is 25.4 Å². The molecule has 1 amide bonds. The number of ether oxygens (including phenoxy) is 1. The number of amides is 1. The summed E-state index contributed by atoms with van der Waals surface area (Å²) < 4.78 is 10.1. The number of aromatic nitrogens is 1. The second kappa shape index (κ2) is 8.10. The highest BCUT2D eigenvalue weighted by molar-refractivity contribution is 7.14. The predicted octanol–water partition coefficient (Wildman–Crippen LogP) is 3.74. The van der Waals surface area contributed by atoms with Gasteiger partial charge in [-0.2, -0.15) is 0 Å². The van der Waals surface area contributed by atoms with Gasteiger partial charge >= 0.3 is 5.97 Å². The molecule has 6 nitrogen and oxygen atoms in total. The van der Waals surface area contributed by atoms with Gasteiger partial charge in [-0.3, -0.25) is 4.79 Å². The van der Waals surface area contributed by atoms with E-state index in [0.29, 0.717) is 16.5 Å². The molecule has 7 heteroatoms. The van der Waals surface area contributed by atoms with Gasteiger partial charge in [0.15, 0.2) is 11.9 Å². The number of aryl methyl sites for hydroxylation is 3. The smallest absolute Gasteiger partial charge is 0.349 e. The van der Waals surface area contributed by atoms with Crippen LogP contribution in [-0.2, 0) is 22.4 Å². The van der Waals surface area contributed by atoms with Crippen molar-refractivity contribution in [1.82, 2.24) is 5.16 Å². The Morgan fingerprint density at radius 3 is 2.71 bits per heavy atom. The topological polar surface area (TPSA) is 81.4 Å². The SMILES string of the molecule is CCCc1sc(C(=O)O[C@@H](C)C(=O)Nc2cc(C)on2)cc1CC. The number of esters is 1. The first-order valence-electron chi connectivity index (χ1n) is 8.01. The number of carbonyl (C=O) groups is 2. The molecule has 2 aromatic rings. The fraction of sp³-hybridized carbons (Fsp3) is 0.471. The lowest BCUT2D eigenvalue weighted by molar-refractivity contribution is -0.123. The molecule has 0 saturated carbocycles. The second-order valence-electron chi connectivity index (χ2n) is 5.52. The molecule has 0 aliphatic heterocycles.